The van der Waals surface area contributed by atoms with Crippen LogP contribution in [0.2, 0.25) is 0 Å². The highest BCUT2D eigenvalue weighted by Crippen LogP contribution is 2.47. The second-order valence-corrected chi connectivity index (χ2v) is 4.25. The Morgan fingerprint density at radius 3 is 2.46 bits per heavy atom. The third kappa shape index (κ3) is 1.75. The highest BCUT2D eigenvalue weighted by atomic mass is 79.9. The Balaban J connectivity index is 2.12. The molecule has 0 aromatic heterocycles. The molecule has 0 radical (unpaired) electrons. The third-order valence-corrected chi connectivity index (χ3v) is 2.93. The minimum atomic E-state index is -0.673. The van der Waals surface area contributed by atoms with Gasteiger partial charge in [0.25, 0.3) is 0 Å². The molecule has 1 aromatic carbocycles. The van der Waals surface area contributed by atoms with E-state index in [0.717, 1.165) is 16.5 Å². The smallest absolute Gasteiger partial charge is 0.307 e. The van der Waals surface area contributed by atoms with Crippen molar-refractivity contribution in [2.24, 2.45) is 5.92 Å². The van der Waals surface area contributed by atoms with Crippen molar-refractivity contribution in [1.29, 1.82) is 0 Å². The number of hydrogen-bond acceptors (Lipinski definition) is 1. The van der Waals surface area contributed by atoms with E-state index in [0.29, 0.717) is 0 Å². The predicted molar refractivity (Wildman–Crippen MR) is 52.6 cm³/mol. The maximum atomic E-state index is 10.6. The topological polar surface area (TPSA) is 37.3 Å². The summed E-state index contributed by atoms with van der Waals surface area (Å²) in [5.41, 5.74) is 1.13. The molecule has 1 N–H and O–H groups in total. The first-order valence-electron chi connectivity index (χ1n) is 4.17. The van der Waals surface area contributed by atoms with Gasteiger partial charge in [-0.1, -0.05) is 28.1 Å². The number of rotatable bonds is 2. The van der Waals surface area contributed by atoms with E-state index >= 15 is 0 Å². The van der Waals surface area contributed by atoms with Crippen LogP contribution in [0.15, 0.2) is 28.7 Å². The second-order valence-electron chi connectivity index (χ2n) is 3.34. The number of carboxylic acid groups (broad SMARTS) is 1. The maximum absolute atomic E-state index is 10.6. The summed E-state index contributed by atoms with van der Waals surface area (Å²) in [6, 6.07) is 7.87. The Morgan fingerprint density at radius 2 is 2.00 bits per heavy atom. The molecule has 0 spiro atoms. The van der Waals surface area contributed by atoms with Crippen molar-refractivity contribution in [3.05, 3.63) is 34.3 Å². The Morgan fingerprint density at radius 1 is 1.38 bits per heavy atom. The molecule has 0 heterocycles. The van der Waals surface area contributed by atoms with Crippen LogP contribution in [-0.4, -0.2) is 11.1 Å². The zero-order valence-electron chi connectivity index (χ0n) is 6.90. The van der Waals surface area contributed by atoms with Crippen LogP contribution < -0.4 is 0 Å². The number of carboxylic acids is 1. The van der Waals surface area contributed by atoms with Gasteiger partial charge in [-0.05, 0) is 30.0 Å². The highest BCUT2D eigenvalue weighted by molar-refractivity contribution is 9.10. The van der Waals surface area contributed by atoms with E-state index in [-0.39, 0.29) is 11.8 Å². The van der Waals surface area contributed by atoms with Crippen LogP contribution in [0.1, 0.15) is 17.9 Å². The van der Waals surface area contributed by atoms with Crippen molar-refractivity contribution in [3.63, 3.8) is 0 Å². The van der Waals surface area contributed by atoms with Gasteiger partial charge in [0.05, 0.1) is 5.92 Å². The molecule has 0 aliphatic heterocycles. The first kappa shape index (κ1) is 8.75. The van der Waals surface area contributed by atoms with E-state index in [4.69, 9.17) is 5.11 Å². The molecule has 13 heavy (non-hydrogen) atoms. The van der Waals surface area contributed by atoms with Crippen molar-refractivity contribution < 1.29 is 9.90 Å². The molecule has 68 valence electrons. The van der Waals surface area contributed by atoms with Gasteiger partial charge in [0.15, 0.2) is 0 Å². The van der Waals surface area contributed by atoms with Gasteiger partial charge in [0.2, 0.25) is 0 Å². The van der Waals surface area contributed by atoms with E-state index in [2.05, 4.69) is 15.9 Å². The fourth-order valence-corrected chi connectivity index (χ4v) is 1.81. The number of hydrogen-bond donors (Lipinski definition) is 1. The van der Waals surface area contributed by atoms with E-state index in [9.17, 15) is 4.79 Å². The lowest BCUT2D eigenvalue weighted by Gasteiger charge is -1.97. The molecule has 1 saturated carbocycles. The normalized spacial score (nSPS) is 25.6. The highest BCUT2D eigenvalue weighted by Gasteiger charge is 2.43. The van der Waals surface area contributed by atoms with E-state index in [1.165, 1.54) is 0 Å². The van der Waals surface area contributed by atoms with Crippen LogP contribution in [0.4, 0.5) is 0 Å². The summed E-state index contributed by atoms with van der Waals surface area (Å²) in [6.45, 7) is 0. The summed E-state index contributed by atoms with van der Waals surface area (Å²) in [5.74, 6) is -0.584. The van der Waals surface area contributed by atoms with Crippen LogP contribution in [0, 0.1) is 5.92 Å². The molecule has 3 heteroatoms. The van der Waals surface area contributed by atoms with Gasteiger partial charge >= 0.3 is 5.97 Å². The molecule has 0 unspecified atom stereocenters. The average Bonchev–Trinajstić information content (AvgIpc) is 2.85. The van der Waals surface area contributed by atoms with Crippen molar-refractivity contribution in [3.8, 4) is 0 Å². The Kier molecular flexibility index (Phi) is 2.12. The summed E-state index contributed by atoms with van der Waals surface area (Å²) < 4.78 is 1.03. The van der Waals surface area contributed by atoms with Crippen LogP contribution in [0.5, 0.6) is 0 Å². The van der Waals surface area contributed by atoms with Gasteiger partial charge in [-0.15, -0.1) is 0 Å². The summed E-state index contributed by atoms with van der Waals surface area (Å²) in [5, 5.41) is 8.73. The monoisotopic (exact) mass is 240 g/mol. The van der Waals surface area contributed by atoms with Crippen molar-refractivity contribution in [1.82, 2.24) is 0 Å². The molecular weight excluding hydrogens is 232 g/mol. The van der Waals surface area contributed by atoms with Crippen LogP contribution in [0.25, 0.3) is 0 Å². The molecule has 1 aliphatic carbocycles. The molecule has 0 bridgehead atoms. The van der Waals surface area contributed by atoms with Crippen LogP contribution >= 0.6 is 15.9 Å². The molecule has 1 aliphatic rings. The third-order valence-electron chi connectivity index (χ3n) is 2.41. The van der Waals surface area contributed by atoms with Crippen LogP contribution in [-0.2, 0) is 4.79 Å². The first-order chi connectivity index (χ1) is 6.18. The maximum Gasteiger partial charge on any atom is 0.307 e. The zero-order chi connectivity index (χ0) is 9.42. The van der Waals surface area contributed by atoms with Crippen molar-refractivity contribution >= 4 is 21.9 Å². The fourth-order valence-electron chi connectivity index (χ4n) is 1.55. The SMILES string of the molecule is O=C(O)[C@@H]1C[C@@H]1c1ccc(Br)cc1. The summed E-state index contributed by atoms with van der Waals surface area (Å²) >= 11 is 3.34. The fraction of sp³-hybridized carbons (Fsp3) is 0.300. The van der Waals surface area contributed by atoms with Crippen molar-refractivity contribution in [2.75, 3.05) is 0 Å². The van der Waals surface area contributed by atoms with Gasteiger partial charge in [-0.2, -0.15) is 0 Å². The lowest BCUT2D eigenvalue weighted by atomic mass is 10.1. The minimum absolute atomic E-state index is 0.152. The molecule has 1 aromatic rings. The Hall–Kier alpha value is -0.830. The van der Waals surface area contributed by atoms with E-state index in [1.54, 1.807) is 0 Å². The molecule has 2 rings (SSSR count). The minimum Gasteiger partial charge on any atom is -0.481 e. The average molecular weight is 241 g/mol. The first-order valence-corrected chi connectivity index (χ1v) is 4.96. The van der Waals surface area contributed by atoms with E-state index < -0.39 is 5.97 Å². The Bertz CT molecular complexity index is 331. The summed E-state index contributed by atoms with van der Waals surface area (Å²) in [7, 11) is 0. The molecule has 2 atom stereocenters. The Labute approximate surface area is 84.7 Å². The van der Waals surface area contributed by atoms with Gasteiger partial charge in [-0.25, -0.2) is 0 Å². The van der Waals surface area contributed by atoms with Gasteiger partial charge in [0, 0.05) is 4.47 Å². The standard InChI is InChI=1S/C10H9BrO2/c11-7-3-1-6(2-4-7)8-5-9(8)10(12)13/h1-4,8-9H,5H2,(H,12,13)/t8-,9-/m1/s1. The molecule has 0 saturated heterocycles. The summed E-state index contributed by atoms with van der Waals surface area (Å²) in [4.78, 5) is 10.6. The number of carbonyl (C=O) groups is 1. The number of halogens is 1. The quantitative estimate of drug-likeness (QED) is 0.864. The molecule has 2 nitrogen and oxygen atoms in total. The zero-order valence-corrected chi connectivity index (χ0v) is 8.49. The van der Waals surface area contributed by atoms with Gasteiger partial charge in [0.1, 0.15) is 0 Å². The lowest BCUT2D eigenvalue weighted by Crippen LogP contribution is -1.98. The molecule has 1 fully saturated rings. The lowest BCUT2D eigenvalue weighted by molar-refractivity contribution is -0.138. The van der Waals surface area contributed by atoms with Crippen molar-refractivity contribution in [2.45, 2.75) is 12.3 Å². The molecular formula is C10H9BrO2. The largest absolute Gasteiger partial charge is 0.481 e. The second kappa shape index (κ2) is 3.14. The molecule has 0 amide bonds. The number of aliphatic carboxylic acids is 1. The van der Waals surface area contributed by atoms with E-state index in [1.807, 2.05) is 24.3 Å². The predicted octanol–water partition coefficient (Wildman–Crippen LogP) is 2.64. The van der Waals surface area contributed by atoms with Crippen LogP contribution in [0.3, 0.4) is 0 Å². The van der Waals surface area contributed by atoms with Gasteiger partial charge in [-0.3, -0.25) is 4.79 Å². The van der Waals surface area contributed by atoms with Gasteiger partial charge < -0.3 is 5.11 Å². The number of benzene rings is 1. The summed E-state index contributed by atoms with van der Waals surface area (Å²) in [6.07, 6.45) is 0.789.